The van der Waals surface area contributed by atoms with E-state index >= 15 is 0 Å². The monoisotopic (exact) mass is 466 g/mol. The number of ether oxygens (including phenoxy) is 1. The van der Waals surface area contributed by atoms with Crippen LogP contribution in [0.15, 0.2) is 54.6 Å². The summed E-state index contributed by atoms with van der Waals surface area (Å²) in [5.74, 6) is -5.60. The first-order valence-corrected chi connectivity index (χ1v) is 9.60. The van der Waals surface area contributed by atoms with Crippen molar-refractivity contribution in [2.24, 2.45) is 0 Å². The highest BCUT2D eigenvalue weighted by Gasteiger charge is 2.39. The molecule has 11 heteroatoms. The zero-order chi connectivity index (χ0) is 24.6. The number of esters is 1. The molecule has 0 bridgehead atoms. The van der Waals surface area contributed by atoms with E-state index in [1.54, 1.807) is 6.07 Å². The molecule has 9 nitrogen and oxygen atoms in total. The summed E-state index contributed by atoms with van der Waals surface area (Å²) >= 11 is 0. The first kappa shape index (κ1) is 22.4. The molecule has 1 N–H and O–H groups in total. The van der Waals surface area contributed by atoms with Crippen molar-refractivity contribution in [3.8, 4) is 0 Å². The Morgan fingerprint density at radius 2 is 1.53 bits per heavy atom. The number of hydrogen-bond donors (Lipinski definition) is 1. The van der Waals surface area contributed by atoms with Gasteiger partial charge in [0.1, 0.15) is 22.8 Å². The Kier molecular flexibility index (Phi) is 5.68. The van der Waals surface area contributed by atoms with E-state index in [2.05, 4.69) is 5.32 Å². The zero-order valence-corrected chi connectivity index (χ0v) is 17.0. The Hall–Kier alpha value is -4.80. The number of nitro benzene ring substituents is 1. The van der Waals surface area contributed by atoms with Gasteiger partial charge in [-0.3, -0.25) is 24.5 Å². The van der Waals surface area contributed by atoms with Crippen LogP contribution < -0.4 is 5.32 Å². The maximum absolute atomic E-state index is 13.2. The summed E-state index contributed by atoms with van der Waals surface area (Å²) in [7, 11) is 0. The second-order valence-electron chi connectivity index (χ2n) is 7.13. The number of carbonyl (C=O) groups excluding carboxylic acids is 4. The number of benzene rings is 3. The van der Waals surface area contributed by atoms with Crippen LogP contribution in [0.5, 0.6) is 0 Å². The summed E-state index contributed by atoms with van der Waals surface area (Å²) in [6.07, 6.45) is 0. The van der Waals surface area contributed by atoms with E-state index in [-0.39, 0.29) is 22.4 Å². The highest BCUT2D eigenvalue weighted by Crippen LogP contribution is 2.35. The second kappa shape index (κ2) is 8.62. The highest BCUT2D eigenvalue weighted by molar-refractivity contribution is 6.30. The predicted molar refractivity (Wildman–Crippen MR) is 112 cm³/mol. The molecule has 0 saturated heterocycles. The van der Waals surface area contributed by atoms with Crippen LogP contribution >= 0.6 is 0 Å². The fraction of sp³-hybridized carbons (Fsp3) is 0.0435. The minimum atomic E-state index is -1.31. The molecular weight excluding hydrogens is 454 g/mol. The van der Waals surface area contributed by atoms with E-state index in [0.717, 1.165) is 24.3 Å². The first-order chi connectivity index (χ1) is 16.2. The number of fused-ring (bicyclic) bond motifs is 2. The van der Waals surface area contributed by atoms with Crippen molar-refractivity contribution in [2.45, 2.75) is 0 Å². The van der Waals surface area contributed by atoms with Crippen molar-refractivity contribution in [2.75, 3.05) is 11.9 Å². The molecular formula is C23H12F2N2O7. The number of nitro groups is 1. The molecule has 1 aliphatic carbocycles. The summed E-state index contributed by atoms with van der Waals surface area (Å²) in [6, 6.07) is 10.1. The van der Waals surface area contributed by atoms with Gasteiger partial charge in [-0.15, -0.1) is 0 Å². The number of nitrogens with zero attached hydrogens (tertiary/aromatic N) is 1. The lowest BCUT2D eigenvalue weighted by Crippen LogP contribution is -2.25. The minimum absolute atomic E-state index is 0.0460. The molecule has 34 heavy (non-hydrogen) atoms. The number of anilines is 1. The zero-order valence-electron chi connectivity index (χ0n) is 17.0. The Bertz CT molecular complexity index is 1400. The Morgan fingerprint density at radius 3 is 2.15 bits per heavy atom. The first-order valence-electron chi connectivity index (χ1n) is 9.60. The lowest BCUT2D eigenvalue weighted by molar-refractivity contribution is -0.385. The van der Waals surface area contributed by atoms with E-state index in [0.29, 0.717) is 6.07 Å². The number of rotatable bonds is 5. The topological polar surface area (TPSA) is 133 Å². The Balaban J connectivity index is 1.60. The normalized spacial score (nSPS) is 11.9. The fourth-order valence-corrected chi connectivity index (χ4v) is 3.56. The van der Waals surface area contributed by atoms with Gasteiger partial charge in [-0.05, 0) is 24.3 Å². The van der Waals surface area contributed by atoms with Gasteiger partial charge in [0, 0.05) is 28.4 Å². The summed E-state index contributed by atoms with van der Waals surface area (Å²) in [4.78, 5) is 61.0. The molecule has 0 spiro atoms. The maximum atomic E-state index is 13.2. The van der Waals surface area contributed by atoms with Crippen LogP contribution in [0.25, 0.3) is 0 Å². The molecule has 170 valence electrons. The summed E-state index contributed by atoms with van der Waals surface area (Å²) in [6.45, 7) is -0.944. The predicted octanol–water partition coefficient (Wildman–Crippen LogP) is 3.44. The molecule has 0 aromatic heterocycles. The van der Waals surface area contributed by atoms with Crippen molar-refractivity contribution in [3.05, 3.63) is 104 Å². The van der Waals surface area contributed by atoms with E-state index in [1.807, 2.05) is 0 Å². The number of hydrogen-bond acceptors (Lipinski definition) is 7. The van der Waals surface area contributed by atoms with Crippen LogP contribution in [0.1, 0.15) is 42.2 Å². The smallest absolute Gasteiger partial charge is 0.345 e. The average Bonchev–Trinajstić information content (AvgIpc) is 2.79. The highest BCUT2D eigenvalue weighted by atomic mass is 19.1. The molecule has 0 heterocycles. The van der Waals surface area contributed by atoms with E-state index in [9.17, 15) is 38.1 Å². The van der Waals surface area contributed by atoms with Gasteiger partial charge in [0.05, 0.1) is 4.92 Å². The molecule has 0 fully saturated rings. The lowest BCUT2D eigenvalue weighted by Gasteiger charge is -2.18. The molecule has 1 amide bonds. The van der Waals surface area contributed by atoms with Crippen LogP contribution in [0, 0.1) is 21.7 Å². The van der Waals surface area contributed by atoms with E-state index in [1.165, 1.54) is 18.2 Å². The molecule has 0 unspecified atom stereocenters. The molecule has 0 aliphatic heterocycles. The fourth-order valence-electron chi connectivity index (χ4n) is 3.56. The number of halogens is 2. The van der Waals surface area contributed by atoms with Crippen molar-refractivity contribution in [3.63, 3.8) is 0 Å². The minimum Gasteiger partial charge on any atom is -0.452 e. The maximum Gasteiger partial charge on any atom is 0.345 e. The number of nitrogens with one attached hydrogen (secondary N) is 1. The standard InChI is InChI=1S/C23H12F2N2O7/c24-11-7-12(25)9-13(8-11)26-18(28)10-34-23(31)17-6-5-16-19(20(17)27(32)33)22(30)15-4-2-1-3-14(15)21(16)29/h1-9H,10H2,(H,26,28). The molecule has 0 atom stereocenters. The molecule has 1 aliphatic rings. The van der Waals surface area contributed by atoms with Crippen molar-refractivity contribution >= 4 is 34.8 Å². The summed E-state index contributed by atoms with van der Waals surface area (Å²) in [5.41, 5.74) is -2.57. The van der Waals surface area contributed by atoms with Crippen molar-refractivity contribution in [1.29, 1.82) is 0 Å². The van der Waals surface area contributed by atoms with Crippen LogP contribution in [0.4, 0.5) is 20.2 Å². The number of carbonyl (C=O) groups is 4. The molecule has 0 saturated carbocycles. The molecule has 3 aromatic carbocycles. The van der Waals surface area contributed by atoms with Gasteiger partial charge in [0.25, 0.3) is 11.6 Å². The second-order valence-corrected chi connectivity index (χ2v) is 7.13. The van der Waals surface area contributed by atoms with Crippen LogP contribution in [0.3, 0.4) is 0 Å². The van der Waals surface area contributed by atoms with Crippen molar-refractivity contribution < 1.29 is 37.6 Å². The van der Waals surface area contributed by atoms with Crippen LogP contribution in [-0.2, 0) is 9.53 Å². The van der Waals surface area contributed by atoms with Gasteiger partial charge >= 0.3 is 5.97 Å². The van der Waals surface area contributed by atoms with Crippen LogP contribution in [-0.4, -0.2) is 35.0 Å². The van der Waals surface area contributed by atoms with Gasteiger partial charge in [-0.2, -0.15) is 0 Å². The number of ketones is 2. The SMILES string of the molecule is O=C(COC(=O)c1ccc2c(c1[N+](=O)[O-])C(=O)c1ccccc1C2=O)Nc1cc(F)cc(F)c1. The third-order valence-corrected chi connectivity index (χ3v) is 4.95. The largest absolute Gasteiger partial charge is 0.452 e. The van der Waals surface area contributed by atoms with Crippen LogP contribution in [0.2, 0.25) is 0 Å². The van der Waals surface area contributed by atoms with E-state index in [4.69, 9.17) is 4.74 Å². The van der Waals surface area contributed by atoms with Gasteiger partial charge in [0.15, 0.2) is 12.4 Å². The quantitative estimate of drug-likeness (QED) is 0.271. The third-order valence-electron chi connectivity index (χ3n) is 4.95. The van der Waals surface area contributed by atoms with Gasteiger partial charge in [0.2, 0.25) is 5.78 Å². The molecule has 3 aromatic rings. The Labute approximate surface area is 189 Å². The summed E-state index contributed by atoms with van der Waals surface area (Å²) in [5, 5.41) is 13.9. The summed E-state index contributed by atoms with van der Waals surface area (Å²) < 4.78 is 31.3. The third kappa shape index (κ3) is 4.01. The van der Waals surface area contributed by atoms with Gasteiger partial charge < -0.3 is 10.1 Å². The van der Waals surface area contributed by atoms with Crippen molar-refractivity contribution in [1.82, 2.24) is 0 Å². The lowest BCUT2D eigenvalue weighted by atomic mass is 9.82. The molecule has 0 radical (unpaired) electrons. The van der Waals surface area contributed by atoms with Gasteiger partial charge in [-0.25, -0.2) is 13.6 Å². The Morgan fingerprint density at radius 1 is 0.912 bits per heavy atom. The number of amides is 1. The van der Waals surface area contributed by atoms with Gasteiger partial charge in [-0.1, -0.05) is 24.3 Å². The van der Waals surface area contributed by atoms with E-state index < -0.39 is 63.4 Å². The molecule has 4 rings (SSSR count). The average molecular weight is 466 g/mol.